The molecule has 1 heterocycles. The lowest BCUT2D eigenvalue weighted by molar-refractivity contribution is -0.114. The second kappa shape index (κ2) is 12.7. The molecule has 6 nitrogen and oxygen atoms in total. The number of carbonyl (C=O) groups is 3. The largest absolute Gasteiger partial charge is 0.323 e. The van der Waals surface area contributed by atoms with Gasteiger partial charge in [-0.15, -0.1) is 11.8 Å². The molecule has 0 atom stereocenters. The molecule has 1 aromatic heterocycles. The predicted molar refractivity (Wildman–Crippen MR) is 147 cm³/mol. The average molecular weight is 532 g/mol. The highest BCUT2D eigenvalue weighted by Gasteiger charge is 2.15. The third-order valence-corrected chi connectivity index (χ3v) is 6.69. The van der Waals surface area contributed by atoms with Gasteiger partial charge < -0.3 is 16.0 Å². The van der Waals surface area contributed by atoms with Gasteiger partial charge in [0, 0.05) is 16.1 Å². The van der Waals surface area contributed by atoms with E-state index in [1.165, 1.54) is 35.2 Å². The molecule has 0 unspecified atom stereocenters. The van der Waals surface area contributed by atoms with E-state index in [-0.39, 0.29) is 23.0 Å². The maximum absolute atomic E-state index is 13.8. The Kier molecular flexibility index (Phi) is 8.85. The summed E-state index contributed by atoms with van der Waals surface area (Å²) in [7, 11) is 0. The second-order valence-corrected chi connectivity index (χ2v) is 9.56. The van der Waals surface area contributed by atoms with Gasteiger partial charge in [-0.1, -0.05) is 36.4 Å². The summed E-state index contributed by atoms with van der Waals surface area (Å²) in [5, 5.41) is 11.8. The second-order valence-electron chi connectivity index (χ2n) is 7.73. The Balaban J connectivity index is 1.42. The van der Waals surface area contributed by atoms with Crippen LogP contribution in [-0.2, 0) is 9.59 Å². The molecule has 3 amide bonds. The molecule has 0 aliphatic heterocycles. The van der Waals surface area contributed by atoms with Gasteiger partial charge in [-0.25, -0.2) is 4.39 Å². The zero-order chi connectivity index (χ0) is 26.0. The maximum Gasteiger partial charge on any atom is 0.272 e. The van der Waals surface area contributed by atoms with Crippen molar-refractivity contribution in [3.8, 4) is 0 Å². The first-order valence-electron chi connectivity index (χ1n) is 11.2. The number of para-hydroxylation sites is 1. The summed E-state index contributed by atoms with van der Waals surface area (Å²) in [4.78, 5) is 38.8. The number of carbonyl (C=O) groups excluding carboxylic acids is 3. The molecule has 3 aromatic carbocycles. The fraction of sp³-hybridized carbons (Fsp3) is 0.0357. The van der Waals surface area contributed by atoms with Gasteiger partial charge in [0.15, 0.2) is 0 Å². The third kappa shape index (κ3) is 7.63. The van der Waals surface area contributed by atoms with E-state index in [2.05, 4.69) is 16.0 Å². The SMILES string of the molecule is O=C(CSc1cccc(NC(=O)/C(=C/c2ccsc2)NC(=O)c2ccccc2)c1)Nc1ccccc1F. The summed E-state index contributed by atoms with van der Waals surface area (Å²) in [5.74, 6) is -1.69. The van der Waals surface area contributed by atoms with Crippen LogP contribution in [0.3, 0.4) is 0 Å². The van der Waals surface area contributed by atoms with E-state index in [0.717, 1.165) is 10.5 Å². The smallest absolute Gasteiger partial charge is 0.272 e. The monoisotopic (exact) mass is 531 g/mol. The van der Waals surface area contributed by atoms with E-state index in [0.29, 0.717) is 11.3 Å². The summed E-state index contributed by atoms with van der Waals surface area (Å²) < 4.78 is 13.8. The van der Waals surface area contributed by atoms with Crippen LogP contribution >= 0.6 is 23.1 Å². The molecule has 0 aliphatic rings. The number of benzene rings is 3. The minimum atomic E-state index is -0.503. The molecule has 4 aromatic rings. The first-order chi connectivity index (χ1) is 18.0. The Bertz CT molecular complexity index is 1420. The Morgan fingerprint density at radius 2 is 1.68 bits per heavy atom. The summed E-state index contributed by atoms with van der Waals surface area (Å²) in [5.41, 5.74) is 1.92. The van der Waals surface area contributed by atoms with Crippen molar-refractivity contribution < 1.29 is 18.8 Å². The van der Waals surface area contributed by atoms with Gasteiger partial charge >= 0.3 is 0 Å². The van der Waals surface area contributed by atoms with Crippen LogP contribution in [0.1, 0.15) is 15.9 Å². The summed E-state index contributed by atoms with van der Waals surface area (Å²) in [6, 6.07) is 23.4. The van der Waals surface area contributed by atoms with Crippen LogP contribution in [0.5, 0.6) is 0 Å². The molecule has 0 saturated carbocycles. The van der Waals surface area contributed by atoms with Crippen LogP contribution in [0, 0.1) is 5.82 Å². The quantitative estimate of drug-likeness (QED) is 0.182. The van der Waals surface area contributed by atoms with Crippen LogP contribution in [0.4, 0.5) is 15.8 Å². The Morgan fingerprint density at radius 1 is 0.892 bits per heavy atom. The molecule has 0 spiro atoms. The number of amides is 3. The van der Waals surface area contributed by atoms with Crippen molar-refractivity contribution in [1.82, 2.24) is 5.32 Å². The molecule has 0 fully saturated rings. The summed E-state index contributed by atoms with van der Waals surface area (Å²) >= 11 is 2.72. The van der Waals surface area contributed by atoms with Gasteiger partial charge in [0.2, 0.25) is 5.91 Å². The number of hydrogen-bond donors (Lipinski definition) is 3. The highest BCUT2D eigenvalue weighted by Crippen LogP contribution is 2.23. The van der Waals surface area contributed by atoms with E-state index in [9.17, 15) is 18.8 Å². The van der Waals surface area contributed by atoms with Gasteiger partial charge in [-0.2, -0.15) is 11.3 Å². The number of hydrogen-bond acceptors (Lipinski definition) is 5. The van der Waals surface area contributed by atoms with Crippen molar-refractivity contribution in [2.24, 2.45) is 0 Å². The van der Waals surface area contributed by atoms with Crippen LogP contribution in [-0.4, -0.2) is 23.5 Å². The van der Waals surface area contributed by atoms with E-state index in [1.807, 2.05) is 16.8 Å². The van der Waals surface area contributed by atoms with E-state index in [1.54, 1.807) is 72.8 Å². The molecule has 3 N–H and O–H groups in total. The van der Waals surface area contributed by atoms with E-state index >= 15 is 0 Å². The fourth-order valence-electron chi connectivity index (χ4n) is 3.23. The van der Waals surface area contributed by atoms with Crippen molar-refractivity contribution in [2.75, 3.05) is 16.4 Å². The zero-order valence-corrected chi connectivity index (χ0v) is 21.1. The number of rotatable bonds is 9. The van der Waals surface area contributed by atoms with Crippen molar-refractivity contribution in [3.05, 3.63) is 118 Å². The van der Waals surface area contributed by atoms with Crippen LogP contribution in [0.15, 0.2) is 106 Å². The van der Waals surface area contributed by atoms with Crippen LogP contribution in [0.2, 0.25) is 0 Å². The number of anilines is 2. The summed E-state index contributed by atoms with van der Waals surface area (Å²) in [6.45, 7) is 0. The average Bonchev–Trinajstić information content (AvgIpc) is 3.42. The van der Waals surface area contributed by atoms with Gasteiger partial charge in [-0.3, -0.25) is 14.4 Å². The first-order valence-corrected chi connectivity index (χ1v) is 13.1. The van der Waals surface area contributed by atoms with Crippen molar-refractivity contribution >= 4 is 58.3 Å². The minimum absolute atomic E-state index is 0.0577. The van der Waals surface area contributed by atoms with Crippen molar-refractivity contribution in [3.63, 3.8) is 0 Å². The Morgan fingerprint density at radius 3 is 2.43 bits per heavy atom. The highest BCUT2D eigenvalue weighted by molar-refractivity contribution is 8.00. The minimum Gasteiger partial charge on any atom is -0.323 e. The Hall–Kier alpha value is -4.21. The predicted octanol–water partition coefficient (Wildman–Crippen LogP) is 6.03. The zero-order valence-electron chi connectivity index (χ0n) is 19.4. The lowest BCUT2D eigenvalue weighted by Gasteiger charge is -2.12. The molecule has 37 heavy (non-hydrogen) atoms. The molecular weight excluding hydrogens is 509 g/mol. The molecule has 4 rings (SSSR count). The number of thiophene rings is 1. The topological polar surface area (TPSA) is 87.3 Å². The van der Waals surface area contributed by atoms with Gasteiger partial charge in [-0.05, 0) is 70.9 Å². The molecule has 0 bridgehead atoms. The normalized spacial score (nSPS) is 11.0. The fourth-order valence-corrected chi connectivity index (χ4v) is 4.60. The van der Waals surface area contributed by atoms with Gasteiger partial charge in [0.1, 0.15) is 11.5 Å². The molecule has 0 aliphatic carbocycles. The van der Waals surface area contributed by atoms with Crippen LogP contribution in [0.25, 0.3) is 6.08 Å². The molecular formula is C28H22FN3O3S2. The number of halogens is 1. The van der Waals surface area contributed by atoms with Crippen molar-refractivity contribution in [1.29, 1.82) is 0 Å². The molecule has 0 radical (unpaired) electrons. The third-order valence-electron chi connectivity index (χ3n) is 4.99. The lowest BCUT2D eigenvalue weighted by Crippen LogP contribution is -2.30. The van der Waals surface area contributed by atoms with Gasteiger partial charge in [0.05, 0.1) is 11.4 Å². The number of thioether (sulfide) groups is 1. The van der Waals surface area contributed by atoms with Gasteiger partial charge in [0.25, 0.3) is 11.8 Å². The lowest BCUT2D eigenvalue weighted by atomic mass is 10.2. The van der Waals surface area contributed by atoms with E-state index in [4.69, 9.17) is 0 Å². The van der Waals surface area contributed by atoms with E-state index < -0.39 is 17.6 Å². The molecule has 186 valence electrons. The van der Waals surface area contributed by atoms with Crippen molar-refractivity contribution in [2.45, 2.75) is 4.90 Å². The van der Waals surface area contributed by atoms with Crippen LogP contribution < -0.4 is 16.0 Å². The molecule has 0 saturated heterocycles. The first kappa shape index (κ1) is 25.9. The standard InChI is InChI=1S/C28H22FN3O3S2/c29-23-11-4-5-12-24(23)31-26(33)18-37-22-10-6-9-21(16-22)30-28(35)25(15-19-13-14-36-17-19)32-27(34)20-7-2-1-3-8-20/h1-17H,18H2,(H,30,35)(H,31,33)(H,32,34)/b25-15-. The highest BCUT2D eigenvalue weighted by atomic mass is 32.2. The summed E-state index contributed by atoms with van der Waals surface area (Å²) in [6.07, 6.45) is 1.61. The Labute approximate surface area is 221 Å². The molecule has 9 heteroatoms. The maximum atomic E-state index is 13.8. The number of nitrogens with one attached hydrogen (secondary N) is 3.